The van der Waals surface area contributed by atoms with Crippen LogP contribution in [0.1, 0.15) is 11.3 Å². The van der Waals surface area contributed by atoms with E-state index in [2.05, 4.69) is 10.3 Å². The van der Waals surface area contributed by atoms with Gasteiger partial charge in [0.25, 0.3) is 0 Å². The lowest BCUT2D eigenvalue weighted by Gasteiger charge is -2.09. The van der Waals surface area contributed by atoms with Crippen molar-refractivity contribution in [1.82, 2.24) is 4.98 Å². The highest BCUT2D eigenvalue weighted by atomic mass is 35.5. The second kappa shape index (κ2) is 7.36. The number of aromatic nitrogens is 1. The first-order chi connectivity index (χ1) is 12.1. The summed E-state index contributed by atoms with van der Waals surface area (Å²) in [6.07, 6.45) is 3.14. The van der Waals surface area contributed by atoms with E-state index in [0.29, 0.717) is 10.7 Å². The molecule has 1 amide bonds. The Bertz CT molecular complexity index is 967. The van der Waals surface area contributed by atoms with Crippen molar-refractivity contribution in [3.05, 3.63) is 70.9 Å². The number of hydrogen-bond acceptors (Lipinski definition) is 3. The Morgan fingerprint density at radius 2 is 2.00 bits per heavy atom. The van der Waals surface area contributed by atoms with Gasteiger partial charge in [0.1, 0.15) is 5.75 Å². The Morgan fingerprint density at radius 1 is 1.20 bits per heavy atom. The fourth-order valence-electron chi connectivity index (χ4n) is 2.53. The Balaban J connectivity index is 1.82. The van der Waals surface area contributed by atoms with Crippen molar-refractivity contribution in [2.45, 2.75) is 6.92 Å². The van der Waals surface area contributed by atoms with Gasteiger partial charge in [-0.2, -0.15) is 0 Å². The molecule has 5 heteroatoms. The van der Waals surface area contributed by atoms with E-state index in [1.807, 2.05) is 49.4 Å². The Morgan fingerprint density at radius 3 is 2.76 bits per heavy atom. The normalized spacial score (nSPS) is 11.0. The first-order valence-corrected chi connectivity index (χ1v) is 8.13. The molecule has 4 nitrogen and oxygen atoms in total. The van der Waals surface area contributed by atoms with Crippen LogP contribution in [-0.2, 0) is 4.79 Å². The SMILES string of the molecule is COc1cc(C)nc2ccc(NC(=O)C=Cc3ccccc3Cl)cc12. The number of hydrogen-bond donors (Lipinski definition) is 1. The summed E-state index contributed by atoms with van der Waals surface area (Å²) in [6.45, 7) is 1.91. The number of amides is 1. The fraction of sp³-hybridized carbons (Fsp3) is 0.100. The number of methoxy groups -OCH3 is 1. The van der Waals surface area contributed by atoms with Crippen molar-refractivity contribution >= 4 is 40.2 Å². The van der Waals surface area contributed by atoms with Gasteiger partial charge in [0.2, 0.25) is 5.91 Å². The largest absolute Gasteiger partial charge is 0.496 e. The van der Waals surface area contributed by atoms with Crippen LogP contribution in [0.2, 0.25) is 5.02 Å². The lowest BCUT2D eigenvalue weighted by Crippen LogP contribution is -2.07. The van der Waals surface area contributed by atoms with E-state index >= 15 is 0 Å². The number of carbonyl (C=O) groups is 1. The van der Waals surface area contributed by atoms with E-state index in [0.717, 1.165) is 27.9 Å². The molecule has 0 fully saturated rings. The zero-order valence-corrected chi connectivity index (χ0v) is 14.7. The third-order valence-corrected chi connectivity index (χ3v) is 4.05. The van der Waals surface area contributed by atoms with Gasteiger partial charge in [-0.3, -0.25) is 9.78 Å². The van der Waals surface area contributed by atoms with Crippen LogP contribution in [0.25, 0.3) is 17.0 Å². The van der Waals surface area contributed by atoms with Crippen molar-refractivity contribution in [2.24, 2.45) is 0 Å². The second-order valence-corrected chi connectivity index (χ2v) is 5.95. The molecule has 0 bridgehead atoms. The van der Waals surface area contributed by atoms with Crippen molar-refractivity contribution in [3.8, 4) is 5.75 Å². The molecule has 0 spiro atoms. The smallest absolute Gasteiger partial charge is 0.248 e. The lowest BCUT2D eigenvalue weighted by molar-refractivity contribution is -0.111. The fourth-order valence-corrected chi connectivity index (χ4v) is 2.73. The number of benzene rings is 2. The van der Waals surface area contributed by atoms with Gasteiger partial charge in [-0.1, -0.05) is 29.8 Å². The summed E-state index contributed by atoms with van der Waals surface area (Å²) in [4.78, 5) is 16.6. The minimum Gasteiger partial charge on any atom is -0.496 e. The van der Waals surface area contributed by atoms with Gasteiger partial charge < -0.3 is 10.1 Å². The third kappa shape index (κ3) is 3.98. The van der Waals surface area contributed by atoms with Gasteiger partial charge in [0, 0.05) is 33.9 Å². The summed E-state index contributed by atoms with van der Waals surface area (Å²) in [5, 5.41) is 4.29. The molecular weight excluding hydrogens is 336 g/mol. The van der Waals surface area contributed by atoms with Crippen molar-refractivity contribution < 1.29 is 9.53 Å². The van der Waals surface area contributed by atoms with Crippen molar-refractivity contribution in [1.29, 1.82) is 0 Å². The quantitative estimate of drug-likeness (QED) is 0.682. The predicted octanol–water partition coefficient (Wildman–Crippen LogP) is 4.86. The molecule has 0 aliphatic carbocycles. The lowest BCUT2D eigenvalue weighted by atomic mass is 10.1. The highest BCUT2D eigenvalue weighted by Gasteiger charge is 2.07. The Hall–Kier alpha value is -2.85. The molecule has 25 heavy (non-hydrogen) atoms. The van der Waals surface area contributed by atoms with Gasteiger partial charge in [-0.25, -0.2) is 0 Å². The number of halogens is 1. The van der Waals surface area contributed by atoms with E-state index in [-0.39, 0.29) is 5.91 Å². The zero-order valence-electron chi connectivity index (χ0n) is 13.9. The monoisotopic (exact) mass is 352 g/mol. The van der Waals surface area contributed by atoms with Gasteiger partial charge in [0.15, 0.2) is 0 Å². The molecule has 1 N–H and O–H groups in total. The van der Waals surface area contributed by atoms with Crippen LogP contribution < -0.4 is 10.1 Å². The summed E-state index contributed by atoms with van der Waals surface area (Å²) >= 11 is 6.08. The Kier molecular flexibility index (Phi) is 5.00. The summed E-state index contributed by atoms with van der Waals surface area (Å²) in [6, 6.07) is 14.7. The molecule has 0 unspecified atom stereocenters. The topological polar surface area (TPSA) is 51.2 Å². The summed E-state index contributed by atoms with van der Waals surface area (Å²) in [5.41, 5.74) is 3.16. The third-order valence-electron chi connectivity index (χ3n) is 3.71. The maximum absolute atomic E-state index is 12.2. The first kappa shape index (κ1) is 17.0. The number of pyridine rings is 1. The average molecular weight is 353 g/mol. The molecular formula is C20H17ClN2O2. The minimum atomic E-state index is -0.238. The van der Waals surface area contributed by atoms with Crippen LogP contribution in [0.3, 0.4) is 0 Å². The number of fused-ring (bicyclic) bond motifs is 1. The molecule has 2 aromatic carbocycles. The Labute approximate surface area is 151 Å². The predicted molar refractivity (Wildman–Crippen MR) is 102 cm³/mol. The molecule has 126 valence electrons. The molecule has 1 heterocycles. The van der Waals surface area contributed by atoms with Crippen LogP contribution in [0.15, 0.2) is 54.6 Å². The van der Waals surface area contributed by atoms with Crippen LogP contribution in [0.5, 0.6) is 5.75 Å². The standard InChI is InChI=1S/C20H17ClN2O2/c1-13-11-19(25-2)16-12-15(8-9-18(16)22-13)23-20(24)10-7-14-5-3-4-6-17(14)21/h3-12H,1-2H3,(H,23,24). The molecule has 0 atom stereocenters. The molecule has 1 aromatic heterocycles. The van der Waals surface area contributed by atoms with Gasteiger partial charge in [-0.15, -0.1) is 0 Å². The maximum Gasteiger partial charge on any atom is 0.248 e. The second-order valence-electron chi connectivity index (χ2n) is 5.54. The summed E-state index contributed by atoms with van der Waals surface area (Å²) in [7, 11) is 1.62. The summed E-state index contributed by atoms with van der Waals surface area (Å²) < 4.78 is 5.41. The molecule has 0 saturated carbocycles. The van der Waals surface area contributed by atoms with Gasteiger partial charge in [-0.05, 0) is 42.8 Å². The van der Waals surface area contributed by atoms with E-state index < -0.39 is 0 Å². The van der Waals surface area contributed by atoms with E-state index in [4.69, 9.17) is 16.3 Å². The van der Waals surface area contributed by atoms with E-state index in [1.165, 1.54) is 6.08 Å². The number of carbonyl (C=O) groups excluding carboxylic acids is 1. The first-order valence-electron chi connectivity index (χ1n) is 7.76. The van der Waals surface area contributed by atoms with Gasteiger partial charge >= 0.3 is 0 Å². The van der Waals surface area contributed by atoms with Crippen LogP contribution in [0, 0.1) is 6.92 Å². The van der Waals surface area contributed by atoms with Crippen molar-refractivity contribution in [2.75, 3.05) is 12.4 Å². The maximum atomic E-state index is 12.2. The summed E-state index contributed by atoms with van der Waals surface area (Å²) in [5.74, 6) is 0.489. The van der Waals surface area contributed by atoms with Crippen LogP contribution >= 0.6 is 11.6 Å². The van der Waals surface area contributed by atoms with Crippen LogP contribution in [-0.4, -0.2) is 18.0 Å². The highest BCUT2D eigenvalue weighted by molar-refractivity contribution is 6.32. The minimum absolute atomic E-state index is 0.238. The number of nitrogens with one attached hydrogen (secondary N) is 1. The number of nitrogens with zero attached hydrogens (tertiary/aromatic N) is 1. The molecule has 0 saturated heterocycles. The molecule has 0 aliphatic heterocycles. The molecule has 3 aromatic rings. The molecule has 0 aliphatic rings. The van der Waals surface area contributed by atoms with Gasteiger partial charge in [0.05, 0.1) is 12.6 Å². The van der Waals surface area contributed by atoms with Crippen LogP contribution in [0.4, 0.5) is 5.69 Å². The van der Waals surface area contributed by atoms with E-state index in [1.54, 1.807) is 19.3 Å². The average Bonchev–Trinajstić information content (AvgIpc) is 2.60. The number of anilines is 1. The van der Waals surface area contributed by atoms with Crippen molar-refractivity contribution in [3.63, 3.8) is 0 Å². The van der Waals surface area contributed by atoms with E-state index in [9.17, 15) is 4.79 Å². The zero-order chi connectivity index (χ0) is 17.8. The molecule has 3 rings (SSSR count). The number of rotatable bonds is 4. The number of aryl methyl sites for hydroxylation is 1. The highest BCUT2D eigenvalue weighted by Crippen LogP contribution is 2.28. The molecule has 0 radical (unpaired) electrons. The number of ether oxygens (including phenoxy) is 1.